The van der Waals surface area contributed by atoms with Crippen molar-refractivity contribution in [2.45, 2.75) is 39.0 Å². The standard InChI is InChI=1S/C24H41N5O/c1-3-25-23(27-21-24(11-7-12-24)13-20-30-2)26-14-8-15-28-16-18-29(19-17-28)22-9-5-4-6-10-22/h4-6,9-10H,3,7-8,11-21H2,1-2H3,(H2,25,26,27). The molecule has 0 radical (unpaired) electrons. The highest BCUT2D eigenvalue weighted by atomic mass is 16.5. The Hall–Kier alpha value is -1.79. The second kappa shape index (κ2) is 12.2. The summed E-state index contributed by atoms with van der Waals surface area (Å²) in [5.74, 6) is 0.968. The van der Waals surface area contributed by atoms with Crippen molar-refractivity contribution >= 4 is 11.6 Å². The minimum atomic E-state index is 0.372. The molecule has 0 unspecified atom stereocenters. The fourth-order valence-corrected chi connectivity index (χ4v) is 4.45. The molecule has 1 aromatic rings. The van der Waals surface area contributed by atoms with Crippen LogP contribution in [-0.2, 0) is 4.74 Å². The van der Waals surface area contributed by atoms with Crippen LogP contribution >= 0.6 is 0 Å². The molecule has 1 aliphatic heterocycles. The third kappa shape index (κ3) is 6.88. The van der Waals surface area contributed by atoms with E-state index in [1.165, 1.54) is 24.9 Å². The van der Waals surface area contributed by atoms with Gasteiger partial charge >= 0.3 is 0 Å². The normalized spacial score (nSPS) is 19.4. The van der Waals surface area contributed by atoms with E-state index in [1.807, 2.05) is 0 Å². The van der Waals surface area contributed by atoms with Crippen LogP contribution in [0, 0.1) is 5.41 Å². The van der Waals surface area contributed by atoms with Crippen molar-refractivity contribution < 1.29 is 4.74 Å². The fraction of sp³-hybridized carbons (Fsp3) is 0.708. The van der Waals surface area contributed by atoms with Gasteiger partial charge in [-0.05, 0) is 56.7 Å². The van der Waals surface area contributed by atoms with Crippen LogP contribution in [0.2, 0.25) is 0 Å². The molecule has 0 amide bonds. The summed E-state index contributed by atoms with van der Waals surface area (Å²) < 4.78 is 5.31. The molecule has 2 aliphatic rings. The lowest BCUT2D eigenvalue weighted by molar-refractivity contribution is 0.0778. The first-order valence-corrected chi connectivity index (χ1v) is 11.8. The number of rotatable bonds is 11. The number of anilines is 1. The Kier molecular flexibility index (Phi) is 9.27. The lowest BCUT2D eigenvalue weighted by Crippen LogP contribution is -2.47. The van der Waals surface area contributed by atoms with E-state index in [0.29, 0.717) is 5.41 Å². The second-order valence-electron chi connectivity index (χ2n) is 8.74. The molecule has 1 aliphatic carbocycles. The zero-order chi connectivity index (χ0) is 21.1. The van der Waals surface area contributed by atoms with Gasteiger partial charge in [-0.15, -0.1) is 0 Å². The fourth-order valence-electron chi connectivity index (χ4n) is 4.45. The maximum Gasteiger partial charge on any atom is 0.191 e. The van der Waals surface area contributed by atoms with Crippen molar-refractivity contribution in [3.8, 4) is 0 Å². The molecule has 3 rings (SSSR count). The average Bonchev–Trinajstić information content (AvgIpc) is 2.76. The number of aliphatic imine (C=N–C) groups is 1. The van der Waals surface area contributed by atoms with Crippen LogP contribution in [0.3, 0.4) is 0 Å². The van der Waals surface area contributed by atoms with Gasteiger partial charge < -0.3 is 20.3 Å². The number of ether oxygens (including phenoxy) is 1. The molecule has 1 heterocycles. The minimum absolute atomic E-state index is 0.372. The molecule has 1 saturated heterocycles. The number of guanidine groups is 1. The molecule has 1 aromatic carbocycles. The number of piperazine rings is 1. The first kappa shape index (κ1) is 22.9. The van der Waals surface area contributed by atoms with E-state index < -0.39 is 0 Å². The van der Waals surface area contributed by atoms with Crippen LogP contribution in [0.5, 0.6) is 0 Å². The molecule has 168 valence electrons. The van der Waals surface area contributed by atoms with Gasteiger partial charge in [0.2, 0.25) is 0 Å². The Morgan fingerprint density at radius 1 is 1.10 bits per heavy atom. The zero-order valence-electron chi connectivity index (χ0n) is 19.0. The lowest BCUT2D eigenvalue weighted by Gasteiger charge is -2.40. The largest absolute Gasteiger partial charge is 0.385 e. The average molecular weight is 416 g/mol. The predicted octanol–water partition coefficient (Wildman–Crippen LogP) is 2.96. The Morgan fingerprint density at radius 3 is 2.50 bits per heavy atom. The molecule has 6 nitrogen and oxygen atoms in total. The van der Waals surface area contributed by atoms with Gasteiger partial charge in [0, 0.05) is 65.2 Å². The monoisotopic (exact) mass is 415 g/mol. The van der Waals surface area contributed by atoms with Crippen LogP contribution in [0.15, 0.2) is 35.3 Å². The van der Waals surface area contributed by atoms with Gasteiger partial charge in [0.15, 0.2) is 5.96 Å². The molecule has 1 saturated carbocycles. The van der Waals surface area contributed by atoms with Crippen molar-refractivity contribution in [3.05, 3.63) is 30.3 Å². The van der Waals surface area contributed by atoms with Crippen molar-refractivity contribution in [1.82, 2.24) is 15.5 Å². The summed E-state index contributed by atoms with van der Waals surface area (Å²) in [4.78, 5) is 9.98. The van der Waals surface area contributed by atoms with E-state index in [2.05, 4.69) is 57.7 Å². The molecule has 0 atom stereocenters. The zero-order valence-corrected chi connectivity index (χ0v) is 19.0. The Balaban J connectivity index is 1.35. The summed E-state index contributed by atoms with van der Waals surface area (Å²) in [6.07, 6.45) is 6.18. The number of methoxy groups -OCH3 is 1. The van der Waals surface area contributed by atoms with E-state index in [-0.39, 0.29) is 0 Å². The van der Waals surface area contributed by atoms with Crippen LogP contribution in [0.4, 0.5) is 5.69 Å². The molecular weight excluding hydrogens is 374 g/mol. The molecule has 0 bridgehead atoms. The summed E-state index contributed by atoms with van der Waals surface area (Å²) in [5, 5.41) is 6.95. The van der Waals surface area contributed by atoms with Gasteiger partial charge in [0.1, 0.15) is 0 Å². The van der Waals surface area contributed by atoms with Crippen LogP contribution in [0.25, 0.3) is 0 Å². The van der Waals surface area contributed by atoms with E-state index in [0.717, 1.165) is 77.8 Å². The second-order valence-corrected chi connectivity index (χ2v) is 8.74. The maximum atomic E-state index is 5.31. The van der Waals surface area contributed by atoms with Crippen molar-refractivity contribution in [3.63, 3.8) is 0 Å². The summed E-state index contributed by atoms with van der Waals surface area (Å²) in [5.41, 5.74) is 1.72. The van der Waals surface area contributed by atoms with Gasteiger partial charge in [-0.2, -0.15) is 0 Å². The third-order valence-electron chi connectivity index (χ3n) is 6.60. The molecule has 2 fully saturated rings. The van der Waals surface area contributed by atoms with Crippen molar-refractivity contribution in [2.75, 3.05) is 71.0 Å². The van der Waals surface area contributed by atoms with Gasteiger partial charge in [-0.25, -0.2) is 0 Å². The molecular formula is C24H41N5O. The molecule has 2 N–H and O–H groups in total. The highest BCUT2D eigenvalue weighted by Crippen LogP contribution is 2.44. The maximum absolute atomic E-state index is 5.31. The summed E-state index contributed by atoms with van der Waals surface area (Å²) in [6.45, 7) is 11.4. The van der Waals surface area contributed by atoms with E-state index in [4.69, 9.17) is 9.73 Å². The highest BCUT2D eigenvalue weighted by Gasteiger charge is 2.36. The minimum Gasteiger partial charge on any atom is -0.385 e. The number of benzene rings is 1. The molecule has 30 heavy (non-hydrogen) atoms. The number of nitrogens with zero attached hydrogens (tertiary/aromatic N) is 3. The summed E-state index contributed by atoms with van der Waals surface area (Å²) >= 11 is 0. The smallest absolute Gasteiger partial charge is 0.191 e. The third-order valence-corrected chi connectivity index (χ3v) is 6.60. The van der Waals surface area contributed by atoms with Crippen molar-refractivity contribution in [2.24, 2.45) is 10.4 Å². The van der Waals surface area contributed by atoms with Crippen LogP contribution in [0.1, 0.15) is 39.0 Å². The van der Waals surface area contributed by atoms with Gasteiger partial charge in [-0.3, -0.25) is 9.89 Å². The number of para-hydroxylation sites is 1. The van der Waals surface area contributed by atoms with Gasteiger partial charge in [-0.1, -0.05) is 24.6 Å². The van der Waals surface area contributed by atoms with Crippen LogP contribution in [-0.4, -0.2) is 76.9 Å². The summed E-state index contributed by atoms with van der Waals surface area (Å²) in [7, 11) is 1.79. The highest BCUT2D eigenvalue weighted by molar-refractivity contribution is 5.79. The van der Waals surface area contributed by atoms with Crippen LogP contribution < -0.4 is 15.5 Å². The molecule has 0 spiro atoms. The number of nitrogens with one attached hydrogen (secondary N) is 2. The SMILES string of the molecule is CCNC(=NCC1(CCOC)CCC1)NCCCN1CCN(c2ccccc2)CC1. The first-order valence-electron chi connectivity index (χ1n) is 11.8. The van der Waals surface area contributed by atoms with Crippen molar-refractivity contribution in [1.29, 1.82) is 0 Å². The topological polar surface area (TPSA) is 52.1 Å². The number of hydrogen-bond donors (Lipinski definition) is 2. The van der Waals surface area contributed by atoms with Gasteiger partial charge in [0.05, 0.1) is 0 Å². The first-order chi connectivity index (χ1) is 14.7. The molecule has 0 aromatic heterocycles. The lowest BCUT2D eigenvalue weighted by atomic mass is 9.67. The van der Waals surface area contributed by atoms with E-state index >= 15 is 0 Å². The van der Waals surface area contributed by atoms with E-state index in [9.17, 15) is 0 Å². The Bertz CT molecular complexity index is 624. The Morgan fingerprint density at radius 2 is 1.87 bits per heavy atom. The summed E-state index contributed by atoms with van der Waals surface area (Å²) in [6, 6.07) is 10.8. The molecule has 6 heteroatoms. The predicted molar refractivity (Wildman–Crippen MR) is 126 cm³/mol. The van der Waals surface area contributed by atoms with E-state index in [1.54, 1.807) is 7.11 Å². The van der Waals surface area contributed by atoms with Gasteiger partial charge in [0.25, 0.3) is 0 Å². The Labute approximate surface area is 183 Å². The number of hydrogen-bond acceptors (Lipinski definition) is 4. The quantitative estimate of drug-likeness (QED) is 0.331.